The minimum atomic E-state index is -4.76. The third-order valence-electron chi connectivity index (χ3n) is 3.21. The van der Waals surface area contributed by atoms with Gasteiger partial charge in [0.2, 0.25) is 0 Å². The molecule has 1 unspecified atom stereocenters. The normalized spacial score (nSPS) is 13.2. The van der Waals surface area contributed by atoms with Crippen LogP contribution >= 0.6 is 0 Å². The van der Waals surface area contributed by atoms with Gasteiger partial charge in [-0.3, -0.25) is 10.5 Å². The first-order valence-electron chi connectivity index (χ1n) is 6.12. The van der Waals surface area contributed by atoms with Gasteiger partial charge in [0.05, 0.1) is 12.2 Å². The number of aryl methyl sites for hydroxylation is 1. The largest absolute Gasteiger partial charge is 0.573 e. The van der Waals surface area contributed by atoms with Crippen LogP contribution in [0, 0.1) is 6.92 Å². The van der Waals surface area contributed by atoms with Crippen molar-refractivity contribution in [2.45, 2.75) is 19.3 Å². The Bertz CT molecular complexity index is 624. The molecule has 1 heterocycles. The Hall–Kier alpha value is -2.06. The number of halogens is 3. The molecule has 3 N–H and O–H groups in total. The summed E-state index contributed by atoms with van der Waals surface area (Å²) >= 11 is 0. The topological polar surface area (TPSA) is 65.1 Å². The van der Waals surface area contributed by atoms with Crippen molar-refractivity contribution in [1.82, 2.24) is 15.2 Å². The number of para-hydroxylation sites is 1. The predicted molar refractivity (Wildman–Crippen MR) is 70.2 cm³/mol. The fourth-order valence-electron chi connectivity index (χ4n) is 2.08. The van der Waals surface area contributed by atoms with Crippen LogP contribution in [0.2, 0.25) is 0 Å². The molecule has 114 valence electrons. The molecular weight excluding hydrogens is 285 g/mol. The molecule has 2 aromatic rings. The summed E-state index contributed by atoms with van der Waals surface area (Å²) in [6.07, 6.45) is -3.20. The van der Waals surface area contributed by atoms with E-state index in [1.165, 1.54) is 18.2 Å². The second kappa shape index (κ2) is 5.74. The number of nitrogens with two attached hydrogens (primary N) is 1. The predicted octanol–water partition coefficient (Wildman–Crippen LogP) is 2.18. The quantitative estimate of drug-likeness (QED) is 0.671. The Morgan fingerprint density at radius 3 is 2.48 bits per heavy atom. The number of hydrazine groups is 1. The fraction of sp³-hybridized carbons (Fsp3) is 0.308. The van der Waals surface area contributed by atoms with E-state index < -0.39 is 12.4 Å². The van der Waals surface area contributed by atoms with Gasteiger partial charge in [0.25, 0.3) is 0 Å². The highest BCUT2D eigenvalue weighted by Crippen LogP contribution is 2.33. The van der Waals surface area contributed by atoms with E-state index in [-0.39, 0.29) is 11.3 Å². The SMILES string of the molecule is Cc1c(C(NN)c2ccccc2OC(F)(F)F)cnn1C. The summed E-state index contributed by atoms with van der Waals surface area (Å²) in [5.41, 5.74) is 4.27. The molecule has 21 heavy (non-hydrogen) atoms. The van der Waals surface area contributed by atoms with Gasteiger partial charge >= 0.3 is 6.36 Å². The third kappa shape index (κ3) is 3.34. The number of rotatable bonds is 4. The van der Waals surface area contributed by atoms with Crippen LogP contribution in [0.25, 0.3) is 0 Å². The van der Waals surface area contributed by atoms with Crippen molar-refractivity contribution in [3.05, 3.63) is 47.3 Å². The lowest BCUT2D eigenvalue weighted by atomic mass is 9.99. The molecule has 0 fully saturated rings. The Morgan fingerprint density at radius 2 is 1.95 bits per heavy atom. The van der Waals surface area contributed by atoms with E-state index >= 15 is 0 Å². The van der Waals surface area contributed by atoms with E-state index in [0.29, 0.717) is 5.56 Å². The fourth-order valence-corrected chi connectivity index (χ4v) is 2.08. The Labute approximate surface area is 119 Å². The molecule has 5 nitrogen and oxygen atoms in total. The molecule has 0 saturated carbocycles. The average molecular weight is 300 g/mol. The second-order valence-electron chi connectivity index (χ2n) is 4.49. The lowest BCUT2D eigenvalue weighted by molar-refractivity contribution is -0.275. The van der Waals surface area contributed by atoms with Crippen molar-refractivity contribution in [1.29, 1.82) is 0 Å². The molecule has 0 spiro atoms. The van der Waals surface area contributed by atoms with Gasteiger partial charge in [0, 0.05) is 23.9 Å². The number of benzene rings is 1. The van der Waals surface area contributed by atoms with Crippen LogP contribution < -0.4 is 16.0 Å². The highest BCUT2D eigenvalue weighted by atomic mass is 19.4. The maximum absolute atomic E-state index is 12.5. The smallest absolute Gasteiger partial charge is 0.405 e. The minimum Gasteiger partial charge on any atom is -0.405 e. The van der Waals surface area contributed by atoms with Crippen molar-refractivity contribution in [2.75, 3.05) is 0 Å². The summed E-state index contributed by atoms with van der Waals surface area (Å²) in [6, 6.07) is 5.21. The van der Waals surface area contributed by atoms with E-state index in [1.807, 2.05) is 0 Å². The number of hydrogen-bond acceptors (Lipinski definition) is 4. The maximum atomic E-state index is 12.5. The van der Waals surface area contributed by atoms with Gasteiger partial charge in [-0.05, 0) is 13.0 Å². The zero-order valence-electron chi connectivity index (χ0n) is 11.5. The minimum absolute atomic E-state index is 0.286. The first kappa shape index (κ1) is 15.3. The van der Waals surface area contributed by atoms with Crippen LogP contribution in [-0.4, -0.2) is 16.1 Å². The van der Waals surface area contributed by atoms with Crippen molar-refractivity contribution in [3.8, 4) is 5.75 Å². The van der Waals surface area contributed by atoms with E-state index in [9.17, 15) is 13.2 Å². The Morgan fingerprint density at radius 1 is 1.29 bits per heavy atom. The van der Waals surface area contributed by atoms with Gasteiger partial charge in [0.1, 0.15) is 5.75 Å². The summed E-state index contributed by atoms with van der Waals surface area (Å²) in [5.74, 6) is 5.23. The first-order chi connectivity index (χ1) is 9.83. The van der Waals surface area contributed by atoms with Crippen LogP contribution in [0.3, 0.4) is 0 Å². The molecule has 0 aliphatic rings. The number of aromatic nitrogens is 2. The first-order valence-corrected chi connectivity index (χ1v) is 6.12. The molecule has 0 amide bonds. The molecule has 1 aromatic heterocycles. The third-order valence-corrected chi connectivity index (χ3v) is 3.21. The van der Waals surface area contributed by atoms with E-state index in [4.69, 9.17) is 5.84 Å². The molecule has 0 aliphatic heterocycles. The maximum Gasteiger partial charge on any atom is 0.573 e. The number of nitrogens with one attached hydrogen (secondary N) is 1. The van der Waals surface area contributed by atoms with Crippen molar-refractivity contribution >= 4 is 0 Å². The molecule has 0 saturated heterocycles. The van der Waals surface area contributed by atoms with Crippen molar-refractivity contribution in [2.24, 2.45) is 12.9 Å². The summed E-state index contributed by atoms with van der Waals surface area (Å²) in [7, 11) is 1.74. The zero-order valence-corrected chi connectivity index (χ0v) is 11.5. The van der Waals surface area contributed by atoms with E-state index in [0.717, 1.165) is 5.69 Å². The van der Waals surface area contributed by atoms with Gasteiger partial charge in [-0.1, -0.05) is 18.2 Å². The molecule has 1 atom stereocenters. The molecule has 0 radical (unpaired) electrons. The molecule has 2 rings (SSSR count). The van der Waals surface area contributed by atoms with Crippen molar-refractivity contribution < 1.29 is 17.9 Å². The van der Waals surface area contributed by atoms with Crippen molar-refractivity contribution in [3.63, 3.8) is 0 Å². The molecular formula is C13H15F3N4O. The number of hydrogen-bond donors (Lipinski definition) is 2. The second-order valence-corrected chi connectivity index (χ2v) is 4.49. The Kier molecular flexibility index (Phi) is 4.19. The van der Waals surface area contributed by atoms with E-state index in [1.54, 1.807) is 30.9 Å². The number of alkyl halides is 3. The van der Waals surface area contributed by atoms with E-state index in [2.05, 4.69) is 15.3 Å². The molecule has 0 bridgehead atoms. The van der Waals surface area contributed by atoms with Crippen LogP contribution in [0.15, 0.2) is 30.5 Å². The van der Waals surface area contributed by atoms with Crippen LogP contribution in [-0.2, 0) is 7.05 Å². The average Bonchev–Trinajstić information content (AvgIpc) is 2.72. The van der Waals surface area contributed by atoms with Gasteiger partial charge in [-0.2, -0.15) is 5.10 Å². The summed E-state index contributed by atoms with van der Waals surface area (Å²) in [6.45, 7) is 1.81. The van der Waals surface area contributed by atoms with Crippen LogP contribution in [0.5, 0.6) is 5.75 Å². The van der Waals surface area contributed by atoms with Crippen LogP contribution in [0.4, 0.5) is 13.2 Å². The van der Waals surface area contributed by atoms with Gasteiger partial charge in [-0.15, -0.1) is 13.2 Å². The summed E-state index contributed by atoms with van der Waals surface area (Å²) < 4.78 is 43.1. The monoisotopic (exact) mass is 300 g/mol. The van der Waals surface area contributed by atoms with Crippen LogP contribution in [0.1, 0.15) is 22.9 Å². The molecule has 1 aromatic carbocycles. The van der Waals surface area contributed by atoms with Gasteiger partial charge in [-0.25, -0.2) is 5.43 Å². The summed E-state index contributed by atoms with van der Waals surface area (Å²) in [5, 5.41) is 4.07. The molecule has 8 heteroatoms. The number of nitrogens with zero attached hydrogens (tertiary/aromatic N) is 2. The summed E-state index contributed by atoms with van der Waals surface area (Å²) in [4.78, 5) is 0. The van der Waals surface area contributed by atoms with Gasteiger partial charge < -0.3 is 4.74 Å². The Balaban J connectivity index is 2.46. The zero-order chi connectivity index (χ0) is 15.6. The standard InChI is InChI=1S/C13H15F3N4O/c1-8-10(7-18-20(8)2)12(19-17)9-5-3-4-6-11(9)21-13(14,15)16/h3-7,12,19H,17H2,1-2H3. The highest BCUT2D eigenvalue weighted by molar-refractivity contribution is 5.42. The van der Waals surface area contributed by atoms with Gasteiger partial charge in [0.15, 0.2) is 0 Å². The number of ether oxygens (including phenoxy) is 1. The lowest BCUT2D eigenvalue weighted by Crippen LogP contribution is -2.30. The highest BCUT2D eigenvalue weighted by Gasteiger charge is 2.33. The lowest BCUT2D eigenvalue weighted by Gasteiger charge is -2.20. The molecule has 0 aliphatic carbocycles.